The normalized spacial score (nSPS) is 17.0. The highest BCUT2D eigenvalue weighted by atomic mass is 32.2. The third-order valence-corrected chi connectivity index (χ3v) is 8.45. The molecule has 2 unspecified atom stereocenters. The smallest absolute Gasteiger partial charge is 0.448 e. The van der Waals surface area contributed by atoms with Gasteiger partial charge < -0.3 is 10.2 Å². The van der Waals surface area contributed by atoms with Crippen molar-refractivity contribution in [1.82, 2.24) is 14.6 Å². The fraction of sp³-hybridized carbons (Fsp3) is 0.593. The molecule has 0 bridgehead atoms. The minimum atomic E-state index is -5.80. The molecule has 9 nitrogen and oxygen atoms in total. The molecule has 1 saturated heterocycles. The molecule has 3 N–H and O–H groups in total. The molecular weight excluding hydrogens is 568 g/mol. The van der Waals surface area contributed by atoms with E-state index in [1.165, 1.54) is 24.5 Å². The second-order valence-electron chi connectivity index (χ2n) is 10.4. The van der Waals surface area contributed by atoms with Crippen molar-refractivity contribution in [2.45, 2.75) is 89.2 Å². The maximum atomic E-state index is 14.3. The van der Waals surface area contributed by atoms with Gasteiger partial charge in [0.25, 0.3) is 5.91 Å². The summed E-state index contributed by atoms with van der Waals surface area (Å²) < 4.78 is 81.1. The van der Waals surface area contributed by atoms with Gasteiger partial charge in [-0.25, -0.2) is 14.1 Å². The van der Waals surface area contributed by atoms with Gasteiger partial charge in [-0.05, 0) is 61.4 Å². The summed E-state index contributed by atoms with van der Waals surface area (Å²) in [4.78, 5) is 29.9. The summed E-state index contributed by atoms with van der Waals surface area (Å²) in [6, 6.07) is 4.08. The minimum absolute atomic E-state index is 0.0597. The van der Waals surface area contributed by atoms with Crippen molar-refractivity contribution in [2.24, 2.45) is 11.7 Å². The second-order valence-corrected chi connectivity index (χ2v) is 12.0. The fourth-order valence-electron chi connectivity index (χ4n) is 5.30. The Morgan fingerprint density at radius 2 is 1.98 bits per heavy atom. The SMILES string of the molecule is CCCCCCC(Cc1nc(C(N)=O)co1)C1CCCN1Cc1cc(F)ccc1CCC(=O)NS(=O)(=O)C(F)(F)F. The van der Waals surface area contributed by atoms with Gasteiger partial charge in [0, 0.05) is 25.4 Å². The number of sulfonamides is 1. The van der Waals surface area contributed by atoms with Gasteiger partial charge in [0.15, 0.2) is 11.6 Å². The molecular formula is C27H36F4N4O5S. The molecule has 41 heavy (non-hydrogen) atoms. The third-order valence-electron chi connectivity index (χ3n) is 7.34. The average molecular weight is 605 g/mol. The monoisotopic (exact) mass is 604 g/mol. The number of carbonyl (C=O) groups excluding carboxylic acids is 2. The summed E-state index contributed by atoms with van der Waals surface area (Å²) >= 11 is 0. The highest BCUT2D eigenvalue weighted by Gasteiger charge is 2.46. The number of hydrogen-bond donors (Lipinski definition) is 2. The molecule has 0 radical (unpaired) electrons. The first-order valence-corrected chi connectivity index (χ1v) is 15.2. The van der Waals surface area contributed by atoms with Gasteiger partial charge in [0.2, 0.25) is 5.91 Å². The van der Waals surface area contributed by atoms with Gasteiger partial charge >= 0.3 is 15.5 Å². The zero-order chi connectivity index (χ0) is 30.2. The number of benzene rings is 1. The van der Waals surface area contributed by atoms with Crippen LogP contribution in [-0.2, 0) is 34.2 Å². The van der Waals surface area contributed by atoms with Gasteiger partial charge in [-0.3, -0.25) is 14.5 Å². The van der Waals surface area contributed by atoms with Crippen LogP contribution in [0.1, 0.15) is 85.8 Å². The number of unbranched alkanes of at least 4 members (excludes halogenated alkanes) is 3. The first-order valence-electron chi connectivity index (χ1n) is 13.7. The Bertz CT molecular complexity index is 1300. The molecule has 228 valence electrons. The standard InChI is InChI=1S/C27H36F4N4O5S/c1-2-3-4-5-7-19(15-25-33-22(17-40-25)26(32)37)23-8-6-13-35(23)16-20-14-21(28)11-9-18(20)10-12-24(36)34-41(38,39)27(29,30)31/h9,11,14,17,19,23H,2-8,10,12-13,15-16H2,1H3,(H2,32,37)(H,34,36). The van der Waals surface area contributed by atoms with Crippen LogP contribution in [0.4, 0.5) is 17.6 Å². The number of hydrogen-bond acceptors (Lipinski definition) is 7. The number of likely N-dealkylation sites (tertiary alicyclic amines) is 1. The van der Waals surface area contributed by atoms with Crippen molar-refractivity contribution in [2.75, 3.05) is 6.54 Å². The highest BCUT2D eigenvalue weighted by Crippen LogP contribution is 2.32. The molecule has 2 heterocycles. The number of aromatic nitrogens is 1. The molecule has 1 aromatic carbocycles. The number of alkyl halides is 3. The molecule has 2 atom stereocenters. The molecule has 1 fully saturated rings. The van der Waals surface area contributed by atoms with E-state index < -0.39 is 39.6 Å². The summed E-state index contributed by atoms with van der Waals surface area (Å²) in [7, 11) is -5.80. The van der Waals surface area contributed by atoms with E-state index >= 15 is 0 Å². The third kappa shape index (κ3) is 9.25. The number of amides is 2. The highest BCUT2D eigenvalue weighted by molar-refractivity contribution is 7.90. The maximum absolute atomic E-state index is 14.3. The van der Waals surface area contributed by atoms with Crippen LogP contribution in [0, 0.1) is 11.7 Å². The van der Waals surface area contributed by atoms with Gasteiger partial charge in [-0.2, -0.15) is 21.6 Å². The van der Waals surface area contributed by atoms with Gasteiger partial charge in [-0.15, -0.1) is 0 Å². The largest absolute Gasteiger partial charge is 0.516 e. The molecule has 3 rings (SSSR count). The predicted octanol–water partition coefficient (Wildman–Crippen LogP) is 4.60. The number of halogens is 4. The molecule has 0 spiro atoms. The van der Waals surface area contributed by atoms with Crippen molar-refractivity contribution >= 4 is 21.8 Å². The Labute approximate surface area is 236 Å². The molecule has 1 aliphatic heterocycles. The van der Waals surface area contributed by atoms with Crippen LogP contribution in [-0.4, -0.2) is 48.2 Å². The minimum Gasteiger partial charge on any atom is -0.448 e. The topological polar surface area (TPSA) is 136 Å². The lowest BCUT2D eigenvalue weighted by molar-refractivity contribution is -0.120. The number of rotatable bonds is 15. The van der Waals surface area contributed by atoms with Crippen molar-refractivity contribution in [3.05, 3.63) is 53.0 Å². The summed E-state index contributed by atoms with van der Waals surface area (Å²) in [5.41, 5.74) is 0.879. The van der Waals surface area contributed by atoms with Crippen LogP contribution in [0.2, 0.25) is 0 Å². The number of oxazole rings is 1. The van der Waals surface area contributed by atoms with E-state index in [1.54, 1.807) is 0 Å². The Morgan fingerprint density at radius 3 is 2.63 bits per heavy atom. The van der Waals surface area contributed by atoms with E-state index in [0.717, 1.165) is 56.2 Å². The summed E-state index contributed by atoms with van der Waals surface area (Å²) in [5, 5.41) is 0. The van der Waals surface area contributed by atoms with Crippen LogP contribution in [0.3, 0.4) is 0 Å². The first-order chi connectivity index (χ1) is 19.3. The van der Waals surface area contributed by atoms with E-state index in [2.05, 4.69) is 16.8 Å². The maximum Gasteiger partial charge on any atom is 0.516 e. The Kier molecular flexibility index (Phi) is 11.3. The lowest BCUT2D eigenvalue weighted by Gasteiger charge is -2.32. The van der Waals surface area contributed by atoms with Crippen molar-refractivity contribution in [3.63, 3.8) is 0 Å². The number of nitrogens with two attached hydrogens (primary N) is 1. The van der Waals surface area contributed by atoms with Crippen molar-refractivity contribution in [1.29, 1.82) is 0 Å². The number of aryl methyl sites for hydroxylation is 1. The average Bonchev–Trinajstić information content (AvgIpc) is 3.54. The first kappa shape index (κ1) is 32.5. The van der Waals surface area contributed by atoms with Crippen molar-refractivity contribution in [3.8, 4) is 0 Å². The zero-order valence-corrected chi connectivity index (χ0v) is 23.7. The van der Waals surface area contributed by atoms with Crippen LogP contribution < -0.4 is 10.5 Å². The fourth-order valence-corrected chi connectivity index (χ4v) is 5.82. The number of nitrogens with zero attached hydrogens (tertiary/aromatic N) is 2. The number of nitrogens with one attached hydrogen (secondary N) is 1. The Balaban J connectivity index is 1.74. The van der Waals surface area contributed by atoms with Crippen LogP contribution >= 0.6 is 0 Å². The Hall–Kier alpha value is -3.00. The molecule has 0 aliphatic carbocycles. The molecule has 1 aromatic heterocycles. The summed E-state index contributed by atoms with van der Waals surface area (Å²) in [6.45, 7) is 3.20. The lowest BCUT2D eigenvalue weighted by Crippen LogP contribution is -2.40. The van der Waals surface area contributed by atoms with Gasteiger partial charge in [0.05, 0.1) is 0 Å². The van der Waals surface area contributed by atoms with Crippen LogP contribution in [0.5, 0.6) is 0 Å². The molecule has 2 aromatic rings. The number of primary amides is 1. The quantitative estimate of drug-likeness (QED) is 0.224. The van der Waals surface area contributed by atoms with Gasteiger partial charge in [0.1, 0.15) is 12.1 Å². The molecule has 14 heteroatoms. The molecule has 2 amide bonds. The molecule has 1 aliphatic rings. The summed E-state index contributed by atoms with van der Waals surface area (Å²) in [5.74, 6) is -1.93. The zero-order valence-electron chi connectivity index (χ0n) is 22.9. The van der Waals surface area contributed by atoms with E-state index in [1.807, 2.05) is 0 Å². The number of carbonyl (C=O) groups is 2. The Morgan fingerprint density at radius 1 is 1.22 bits per heavy atom. The van der Waals surface area contributed by atoms with E-state index in [-0.39, 0.29) is 24.1 Å². The molecule has 0 saturated carbocycles. The van der Waals surface area contributed by atoms with E-state index in [9.17, 15) is 35.6 Å². The van der Waals surface area contributed by atoms with Crippen molar-refractivity contribution < 1.29 is 40.0 Å². The van der Waals surface area contributed by atoms with E-state index in [0.29, 0.717) is 30.0 Å². The lowest BCUT2D eigenvalue weighted by atomic mass is 9.88. The van der Waals surface area contributed by atoms with Crippen LogP contribution in [0.15, 0.2) is 28.9 Å². The predicted molar refractivity (Wildman–Crippen MR) is 142 cm³/mol. The summed E-state index contributed by atoms with van der Waals surface area (Å²) in [6.07, 6.45) is 8.06. The van der Waals surface area contributed by atoms with Crippen LogP contribution in [0.25, 0.3) is 0 Å². The van der Waals surface area contributed by atoms with Gasteiger partial charge in [-0.1, -0.05) is 38.7 Å². The van der Waals surface area contributed by atoms with E-state index in [4.69, 9.17) is 10.2 Å². The second kappa shape index (κ2) is 14.3.